The zero-order valence-electron chi connectivity index (χ0n) is 31.9. The summed E-state index contributed by atoms with van der Waals surface area (Å²) in [5.74, 6) is -0.270. The lowest BCUT2D eigenvalue weighted by molar-refractivity contribution is -0.379. The van der Waals surface area contributed by atoms with Crippen LogP contribution >= 0.6 is 0 Å². The fourth-order valence-corrected chi connectivity index (χ4v) is 6.95. The van der Waals surface area contributed by atoms with E-state index in [2.05, 4.69) is 19.2 Å². The topological polar surface area (TPSA) is 307 Å². The molecule has 324 valence electrons. The number of unbranched alkanes of at least 4 members (excludes halogenated alkanes) is 8. The predicted octanol–water partition coefficient (Wildman–Crippen LogP) is -2.98. The number of carbonyl (C=O) groups excluding carboxylic acids is 1. The minimum absolute atomic E-state index is 0.259. The number of amides is 1. The van der Waals surface area contributed by atoms with Gasteiger partial charge in [0.05, 0.1) is 38.6 Å². The van der Waals surface area contributed by atoms with Crippen LogP contribution < -0.4 is 5.32 Å². The third-order valence-electron chi connectivity index (χ3n) is 10.4. The Morgan fingerprint density at radius 3 is 1.58 bits per heavy atom. The normalized spacial score (nSPS) is 38.1. The van der Waals surface area contributed by atoms with Crippen molar-refractivity contribution < 1.29 is 89.4 Å². The van der Waals surface area contributed by atoms with Gasteiger partial charge in [0, 0.05) is 6.42 Å². The van der Waals surface area contributed by atoms with E-state index in [9.17, 15) is 61.0 Å². The van der Waals surface area contributed by atoms with Gasteiger partial charge in [0.1, 0.15) is 73.2 Å². The summed E-state index contributed by atoms with van der Waals surface area (Å²) in [6, 6.07) is -0.871. The minimum atomic E-state index is -1.96. The molecule has 3 aliphatic heterocycles. The minimum Gasteiger partial charge on any atom is -0.394 e. The number of ether oxygens (including phenoxy) is 6. The molecule has 17 atom stereocenters. The van der Waals surface area contributed by atoms with Crippen molar-refractivity contribution in [2.24, 2.45) is 0 Å². The Morgan fingerprint density at radius 1 is 0.582 bits per heavy atom. The zero-order chi connectivity index (χ0) is 40.7. The lowest BCUT2D eigenvalue weighted by Crippen LogP contribution is -2.66. The average Bonchev–Trinajstić information content (AvgIpc) is 3.18. The van der Waals surface area contributed by atoms with Gasteiger partial charge in [-0.1, -0.05) is 71.6 Å². The molecule has 55 heavy (non-hydrogen) atoms. The van der Waals surface area contributed by atoms with E-state index < -0.39 is 124 Å². The summed E-state index contributed by atoms with van der Waals surface area (Å²) in [5, 5.41) is 118. The number of hydrogen-bond donors (Lipinski definition) is 12. The summed E-state index contributed by atoms with van der Waals surface area (Å²) in [5.41, 5.74) is 0. The van der Waals surface area contributed by atoms with Gasteiger partial charge in [0.2, 0.25) is 5.91 Å². The van der Waals surface area contributed by atoms with Gasteiger partial charge in [0.15, 0.2) is 18.9 Å². The molecule has 0 aromatic heterocycles. The van der Waals surface area contributed by atoms with Crippen LogP contribution in [-0.4, -0.2) is 193 Å². The van der Waals surface area contributed by atoms with E-state index in [4.69, 9.17) is 28.4 Å². The summed E-state index contributed by atoms with van der Waals surface area (Å²) < 4.78 is 33.7. The Morgan fingerprint density at radius 2 is 1.04 bits per heavy atom. The molecule has 0 aromatic rings. The molecule has 1 amide bonds. The first-order chi connectivity index (χ1) is 26.3. The van der Waals surface area contributed by atoms with Crippen LogP contribution in [-0.2, 0) is 33.2 Å². The highest BCUT2D eigenvalue weighted by molar-refractivity contribution is 5.76. The van der Waals surface area contributed by atoms with Crippen molar-refractivity contribution in [1.29, 1.82) is 0 Å². The van der Waals surface area contributed by atoms with Crippen LogP contribution in [0.4, 0.5) is 0 Å². The van der Waals surface area contributed by atoms with Crippen molar-refractivity contribution in [2.45, 2.75) is 195 Å². The first-order valence-corrected chi connectivity index (χ1v) is 19.8. The van der Waals surface area contributed by atoms with E-state index in [1.165, 1.54) is 0 Å². The molecule has 3 rings (SSSR count). The molecule has 0 saturated carbocycles. The van der Waals surface area contributed by atoms with Gasteiger partial charge in [-0.25, -0.2) is 0 Å². The molecule has 19 heteroatoms. The average molecular weight is 802 g/mol. The van der Waals surface area contributed by atoms with Crippen LogP contribution in [0.5, 0.6) is 0 Å². The molecular weight excluding hydrogens is 734 g/mol. The van der Waals surface area contributed by atoms with Crippen molar-refractivity contribution in [2.75, 3.05) is 26.4 Å². The maximum absolute atomic E-state index is 12.8. The van der Waals surface area contributed by atoms with Gasteiger partial charge in [-0.05, 0) is 12.8 Å². The van der Waals surface area contributed by atoms with Crippen LogP contribution in [0, 0.1) is 0 Å². The van der Waals surface area contributed by atoms with Crippen LogP contribution in [0.3, 0.4) is 0 Å². The van der Waals surface area contributed by atoms with Gasteiger partial charge in [-0.3, -0.25) is 4.79 Å². The molecule has 3 aliphatic rings. The van der Waals surface area contributed by atoms with Crippen LogP contribution in [0.2, 0.25) is 0 Å². The molecule has 3 heterocycles. The molecule has 0 aliphatic carbocycles. The quantitative estimate of drug-likeness (QED) is 0.0434. The molecule has 0 radical (unpaired) electrons. The van der Waals surface area contributed by atoms with E-state index in [1.807, 2.05) is 0 Å². The van der Waals surface area contributed by atoms with Crippen molar-refractivity contribution in [1.82, 2.24) is 5.32 Å². The van der Waals surface area contributed by atoms with Gasteiger partial charge in [-0.2, -0.15) is 0 Å². The van der Waals surface area contributed by atoms with E-state index >= 15 is 0 Å². The second-order valence-electron chi connectivity index (χ2n) is 14.8. The highest BCUT2D eigenvalue weighted by atomic mass is 16.8. The van der Waals surface area contributed by atoms with Gasteiger partial charge < -0.3 is 89.9 Å². The molecule has 0 bridgehead atoms. The second kappa shape index (κ2) is 24.7. The smallest absolute Gasteiger partial charge is 0.220 e. The Hall–Kier alpha value is -1.21. The van der Waals surface area contributed by atoms with E-state index in [0.29, 0.717) is 12.8 Å². The Balaban J connectivity index is 1.63. The highest BCUT2D eigenvalue weighted by Crippen LogP contribution is 2.32. The molecular formula is C36H67NO18. The molecule has 0 spiro atoms. The summed E-state index contributed by atoms with van der Waals surface area (Å²) in [6.45, 7) is 1.49. The third-order valence-corrected chi connectivity index (χ3v) is 10.4. The summed E-state index contributed by atoms with van der Waals surface area (Å²) in [4.78, 5) is 12.8. The Labute approximate surface area is 322 Å². The lowest BCUT2D eigenvalue weighted by Gasteiger charge is -2.48. The molecule has 0 aromatic carbocycles. The molecule has 19 nitrogen and oxygen atoms in total. The van der Waals surface area contributed by atoms with Gasteiger partial charge >= 0.3 is 0 Å². The summed E-state index contributed by atoms with van der Waals surface area (Å²) >= 11 is 0. The largest absolute Gasteiger partial charge is 0.394 e. The van der Waals surface area contributed by atoms with Crippen LogP contribution in [0.15, 0.2) is 0 Å². The molecule has 3 saturated heterocycles. The van der Waals surface area contributed by atoms with Crippen LogP contribution in [0.25, 0.3) is 0 Å². The van der Waals surface area contributed by atoms with Gasteiger partial charge in [-0.15, -0.1) is 0 Å². The predicted molar refractivity (Wildman–Crippen MR) is 190 cm³/mol. The van der Waals surface area contributed by atoms with Crippen molar-refractivity contribution in [3.8, 4) is 0 Å². The Kier molecular flexibility index (Phi) is 21.6. The first kappa shape index (κ1) is 48.2. The molecule has 3 fully saturated rings. The highest BCUT2D eigenvalue weighted by Gasteiger charge is 2.53. The number of nitrogens with one attached hydrogen (secondary N) is 1. The second-order valence-corrected chi connectivity index (χ2v) is 14.8. The third kappa shape index (κ3) is 13.7. The van der Waals surface area contributed by atoms with Crippen molar-refractivity contribution in [3.63, 3.8) is 0 Å². The van der Waals surface area contributed by atoms with Crippen LogP contribution in [0.1, 0.15) is 90.9 Å². The monoisotopic (exact) mass is 801 g/mol. The zero-order valence-corrected chi connectivity index (χ0v) is 31.9. The maximum atomic E-state index is 12.8. The lowest BCUT2D eigenvalue weighted by atomic mass is 9.96. The van der Waals surface area contributed by atoms with E-state index in [0.717, 1.165) is 57.8 Å². The summed E-state index contributed by atoms with van der Waals surface area (Å²) in [7, 11) is 0. The summed E-state index contributed by atoms with van der Waals surface area (Å²) in [6.07, 6.45) is -16.2. The first-order valence-electron chi connectivity index (χ1n) is 19.8. The van der Waals surface area contributed by atoms with Gasteiger partial charge in [0.25, 0.3) is 0 Å². The fourth-order valence-electron chi connectivity index (χ4n) is 6.95. The number of aliphatic hydroxyl groups excluding tert-OH is 11. The standard InChI is InChI=1S/C36H67NO18/c1-3-5-7-9-10-11-13-20(41)19(37-24(42)14-12-8-6-4-2)18-50-34-30(48)27(45)32(22(16-39)52-34)55-36-31(49)28(46)33(23(17-40)53-36)54-35-29(47)26(44)25(43)21(15-38)51-35/h19-23,25-36,38-41,43-49H,3-18H2,1-2H3,(H,37,42). The number of hydrogen-bond acceptors (Lipinski definition) is 18. The fraction of sp³-hybridized carbons (Fsp3) is 0.972. The molecule has 17 unspecified atom stereocenters. The van der Waals surface area contributed by atoms with Crippen molar-refractivity contribution >= 4 is 5.91 Å². The number of carbonyl (C=O) groups is 1. The number of aliphatic hydroxyl groups is 11. The Bertz CT molecular complexity index is 1060. The van der Waals surface area contributed by atoms with E-state index in [1.54, 1.807) is 0 Å². The molecule has 12 N–H and O–H groups in total. The van der Waals surface area contributed by atoms with Crippen molar-refractivity contribution in [3.05, 3.63) is 0 Å². The number of rotatable bonds is 24. The van der Waals surface area contributed by atoms with E-state index in [-0.39, 0.29) is 18.9 Å². The maximum Gasteiger partial charge on any atom is 0.220 e. The SMILES string of the molecule is CCCCCCCCC(O)C(COC1OC(CO)C(OC2OC(CO)C(OC3OC(CO)C(O)C(O)C3O)C(O)C2O)C(O)C1O)NC(=O)CCCCCC.